The summed E-state index contributed by atoms with van der Waals surface area (Å²) in [5.74, 6) is 1.07. The average Bonchev–Trinajstić information content (AvgIpc) is 3.17. The molecule has 2 heterocycles. The zero-order chi connectivity index (χ0) is 13.6. The van der Waals surface area contributed by atoms with Crippen molar-refractivity contribution < 1.29 is 8.83 Å². The number of aromatic nitrogens is 2. The molecule has 2 unspecified atom stereocenters. The molecule has 1 aliphatic rings. The van der Waals surface area contributed by atoms with Gasteiger partial charge in [-0.1, -0.05) is 12.8 Å². The van der Waals surface area contributed by atoms with Gasteiger partial charge in [-0.25, -0.2) is 9.97 Å². The maximum absolute atomic E-state index is 5.15. The summed E-state index contributed by atoms with van der Waals surface area (Å²) in [6.07, 6.45) is 14.1. The summed E-state index contributed by atoms with van der Waals surface area (Å²) in [5, 5.41) is 0. The van der Waals surface area contributed by atoms with Crippen molar-refractivity contribution in [3.63, 3.8) is 0 Å². The molecule has 2 atom stereocenters. The van der Waals surface area contributed by atoms with Crippen LogP contribution < -0.4 is 0 Å². The third-order valence-electron chi connectivity index (χ3n) is 3.35. The molecule has 20 heavy (non-hydrogen) atoms. The van der Waals surface area contributed by atoms with E-state index >= 15 is 0 Å². The number of rotatable bonds is 4. The summed E-state index contributed by atoms with van der Waals surface area (Å²) in [5.41, 5.74) is 0. The first-order chi connectivity index (χ1) is 9.92. The lowest BCUT2D eigenvalue weighted by atomic mass is 9.91. The minimum absolute atomic E-state index is 0.168. The molecule has 1 aliphatic carbocycles. The molecule has 0 aromatic carbocycles. The Morgan fingerprint density at radius 3 is 1.80 bits per heavy atom. The van der Waals surface area contributed by atoms with Gasteiger partial charge in [0.1, 0.15) is 12.5 Å². The van der Waals surface area contributed by atoms with Gasteiger partial charge in [0.05, 0.1) is 36.9 Å². The van der Waals surface area contributed by atoms with E-state index in [9.17, 15) is 0 Å². The van der Waals surface area contributed by atoms with Crippen molar-refractivity contribution >= 4 is 12.4 Å². The predicted molar refractivity (Wildman–Crippen MR) is 74.2 cm³/mol. The average molecular weight is 272 g/mol. The SMILES string of the molecule is C(=NC1CCCCC1N=Cc1ncco1)c1ncco1. The van der Waals surface area contributed by atoms with Crippen LogP contribution in [0.4, 0.5) is 0 Å². The topological polar surface area (TPSA) is 76.8 Å². The van der Waals surface area contributed by atoms with Crippen LogP contribution >= 0.6 is 0 Å². The molecule has 0 bridgehead atoms. The van der Waals surface area contributed by atoms with E-state index in [0.29, 0.717) is 11.8 Å². The standard InChI is InChI=1S/C14H16N4O2/c1-2-4-12(18-10-14-16-6-8-20-14)11(3-1)17-9-13-15-5-7-19-13/h5-12H,1-4H2. The highest BCUT2D eigenvalue weighted by molar-refractivity contribution is 5.74. The lowest BCUT2D eigenvalue weighted by molar-refractivity contribution is 0.389. The van der Waals surface area contributed by atoms with Gasteiger partial charge in [0, 0.05) is 0 Å². The molecule has 6 heteroatoms. The lowest BCUT2D eigenvalue weighted by Gasteiger charge is -2.25. The van der Waals surface area contributed by atoms with Gasteiger partial charge in [0.2, 0.25) is 11.8 Å². The molecule has 0 saturated heterocycles. The Morgan fingerprint density at radius 1 is 0.900 bits per heavy atom. The van der Waals surface area contributed by atoms with Gasteiger partial charge in [-0.3, -0.25) is 9.98 Å². The molecule has 3 rings (SSSR count). The predicted octanol–water partition coefficient (Wildman–Crippen LogP) is 2.51. The van der Waals surface area contributed by atoms with Crippen LogP contribution in [0.5, 0.6) is 0 Å². The summed E-state index contributed by atoms with van der Waals surface area (Å²) in [7, 11) is 0. The van der Waals surface area contributed by atoms with Crippen molar-refractivity contribution in [2.75, 3.05) is 0 Å². The smallest absolute Gasteiger partial charge is 0.236 e. The number of nitrogens with zero attached hydrogens (tertiary/aromatic N) is 4. The van der Waals surface area contributed by atoms with Gasteiger partial charge < -0.3 is 8.83 Å². The lowest BCUT2D eigenvalue weighted by Crippen LogP contribution is -2.27. The molecular weight excluding hydrogens is 256 g/mol. The number of aliphatic imine (C=N–C) groups is 2. The van der Waals surface area contributed by atoms with Crippen LogP contribution in [-0.2, 0) is 0 Å². The van der Waals surface area contributed by atoms with Crippen LogP contribution in [0.15, 0.2) is 43.7 Å². The molecule has 104 valence electrons. The van der Waals surface area contributed by atoms with Crippen LogP contribution in [0.3, 0.4) is 0 Å². The maximum Gasteiger partial charge on any atom is 0.236 e. The van der Waals surface area contributed by atoms with Crippen LogP contribution in [0, 0.1) is 0 Å². The fourth-order valence-corrected chi connectivity index (χ4v) is 2.35. The van der Waals surface area contributed by atoms with Crippen molar-refractivity contribution in [2.24, 2.45) is 9.98 Å². The summed E-state index contributed by atoms with van der Waals surface area (Å²) < 4.78 is 10.3. The molecule has 0 spiro atoms. The number of hydrogen-bond donors (Lipinski definition) is 0. The second kappa shape index (κ2) is 6.27. The Morgan fingerprint density at radius 2 is 1.40 bits per heavy atom. The van der Waals surface area contributed by atoms with Gasteiger partial charge in [0.25, 0.3) is 0 Å². The summed E-state index contributed by atoms with van der Waals surface area (Å²) >= 11 is 0. The van der Waals surface area contributed by atoms with Crippen molar-refractivity contribution in [1.82, 2.24) is 9.97 Å². The van der Waals surface area contributed by atoms with E-state index in [-0.39, 0.29) is 12.1 Å². The zero-order valence-corrected chi connectivity index (χ0v) is 11.1. The molecule has 0 N–H and O–H groups in total. The summed E-state index contributed by atoms with van der Waals surface area (Å²) in [6.45, 7) is 0. The van der Waals surface area contributed by atoms with E-state index in [0.717, 1.165) is 12.8 Å². The highest BCUT2D eigenvalue weighted by atomic mass is 16.3. The first-order valence-corrected chi connectivity index (χ1v) is 6.77. The van der Waals surface area contributed by atoms with Crippen molar-refractivity contribution in [2.45, 2.75) is 37.8 Å². The van der Waals surface area contributed by atoms with E-state index in [4.69, 9.17) is 8.83 Å². The second-order valence-corrected chi connectivity index (χ2v) is 4.72. The monoisotopic (exact) mass is 272 g/mol. The molecule has 0 amide bonds. The maximum atomic E-state index is 5.15. The van der Waals surface area contributed by atoms with Gasteiger partial charge in [-0.2, -0.15) is 0 Å². The molecule has 6 nitrogen and oxygen atoms in total. The van der Waals surface area contributed by atoms with E-state index < -0.39 is 0 Å². The van der Waals surface area contributed by atoms with E-state index in [1.165, 1.54) is 12.8 Å². The van der Waals surface area contributed by atoms with Crippen LogP contribution in [0.2, 0.25) is 0 Å². The van der Waals surface area contributed by atoms with Crippen LogP contribution in [-0.4, -0.2) is 34.5 Å². The third kappa shape index (κ3) is 3.20. The quantitative estimate of drug-likeness (QED) is 0.801. The molecule has 0 aliphatic heterocycles. The number of oxazole rings is 2. The minimum atomic E-state index is 0.168. The fourth-order valence-electron chi connectivity index (χ4n) is 2.35. The molecule has 0 radical (unpaired) electrons. The van der Waals surface area contributed by atoms with E-state index in [1.54, 1.807) is 37.3 Å². The molecule has 1 fully saturated rings. The van der Waals surface area contributed by atoms with Gasteiger partial charge in [0.15, 0.2) is 0 Å². The Labute approximate surface area is 116 Å². The second-order valence-electron chi connectivity index (χ2n) is 4.72. The summed E-state index contributed by atoms with van der Waals surface area (Å²) in [6, 6.07) is 0.337. The Hall–Kier alpha value is -2.24. The summed E-state index contributed by atoms with van der Waals surface area (Å²) in [4.78, 5) is 17.2. The third-order valence-corrected chi connectivity index (χ3v) is 3.35. The number of hydrogen-bond acceptors (Lipinski definition) is 6. The van der Waals surface area contributed by atoms with E-state index in [2.05, 4.69) is 20.0 Å². The van der Waals surface area contributed by atoms with Gasteiger partial charge in [-0.15, -0.1) is 0 Å². The fraction of sp³-hybridized carbons (Fsp3) is 0.429. The minimum Gasteiger partial charge on any atom is -0.444 e. The van der Waals surface area contributed by atoms with E-state index in [1.807, 2.05) is 0 Å². The van der Waals surface area contributed by atoms with Crippen molar-refractivity contribution in [1.29, 1.82) is 0 Å². The molecule has 2 aromatic rings. The Kier molecular flexibility index (Phi) is 4.01. The van der Waals surface area contributed by atoms with Crippen molar-refractivity contribution in [3.8, 4) is 0 Å². The molecule has 1 saturated carbocycles. The van der Waals surface area contributed by atoms with Crippen LogP contribution in [0.1, 0.15) is 37.5 Å². The first-order valence-electron chi connectivity index (χ1n) is 6.77. The molecule has 2 aromatic heterocycles. The highest BCUT2D eigenvalue weighted by Crippen LogP contribution is 2.23. The Balaban J connectivity index is 1.67. The largest absolute Gasteiger partial charge is 0.444 e. The van der Waals surface area contributed by atoms with Crippen LogP contribution in [0.25, 0.3) is 0 Å². The normalized spacial score (nSPS) is 23.8. The highest BCUT2D eigenvalue weighted by Gasteiger charge is 2.23. The molecular formula is C14H16N4O2. The Bertz CT molecular complexity index is 508. The van der Waals surface area contributed by atoms with Gasteiger partial charge >= 0.3 is 0 Å². The first kappa shape index (κ1) is 12.8. The van der Waals surface area contributed by atoms with Crippen molar-refractivity contribution in [3.05, 3.63) is 36.7 Å². The zero-order valence-electron chi connectivity index (χ0n) is 11.1. The van der Waals surface area contributed by atoms with Gasteiger partial charge in [-0.05, 0) is 12.8 Å².